The van der Waals surface area contributed by atoms with Gasteiger partial charge in [-0.3, -0.25) is 4.79 Å². The number of amides is 1. The van der Waals surface area contributed by atoms with Gasteiger partial charge in [0.15, 0.2) is 0 Å². The van der Waals surface area contributed by atoms with Crippen LogP contribution in [0.15, 0.2) is 18.2 Å². The van der Waals surface area contributed by atoms with Gasteiger partial charge in [-0.2, -0.15) is 0 Å². The van der Waals surface area contributed by atoms with Gasteiger partial charge in [0, 0.05) is 12.6 Å². The van der Waals surface area contributed by atoms with Crippen LogP contribution in [-0.2, 0) is 0 Å². The molecule has 106 valence electrons. The zero-order chi connectivity index (χ0) is 14.6. The molecule has 0 fully saturated rings. The maximum atomic E-state index is 12.2. The average molecular weight is 265 g/mol. The van der Waals surface area contributed by atoms with Gasteiger partial charge in [-0.15, -0.1) is 0 Å². The summed E-state index contributed by atoms with van der Waals surface area (Å²) >= 11 is 0. The Hall–Kier alpha value is -1.55. The molecule has 0 saturated heterocycles. The van der Waals surface area contributed by atoms with Crippen molar-refractivity contribution in [3.8, 4) is 5.75 Å². The highest BCUT2D eigenvalue weighted by Gasteiger charge is 2.26. The van der Waals surface area contributed by atoms with Crippen LogP contribution in [0.3, 0.4) is 0 Å². The number of benzene rings is 1. The van der Waals surface area contributed by atoms with Crippen molar-refractivity contribution in [2.75, 3.05) is 6.61 Å². The first-order valence-electron chi connectivity index (χ1n) is 6.47. The zero-order valence-corrected chi connectivity index (χ0v) is 12.0. The molecule has 0 saturated carbocycles. The lowest BCUT2D eigenvalue weighted by atomic mass is 9.84. The molecule has 1 rings (SSSR count). The van der Waals surface area contributed by atoms with Gasteiger partial charge in [0.1, 0.15) is 5.75 Å². The second kappa shape index (κ2) is 6.06. The summed E-state index contributed by atoms with van der Waals surface area (Å²) in [6.07, 6.45) is 0.488. The van der Waals surface area contributed by atoms with Crippen LogP contribution in [-0.4, -0.2) is 28.8 Å². The first-order chi connectivity index (χ1) is 8.75. The molecule has 4 heteroatoms. The summed E-state index contributed by atoms with van der Waals surface area (Å²) in [4.78, 5) is 12.2. The number of aromatic hydroxyl groups is 1. The van der Waals surface area contributed by atoms with E-state index in [0.717, 1.165) is 5.56 Å². The predicted octanol–water partition coefficient (Wildman–Crippen LogP) is 2.23. The Labute approximate surface area is 114 Å². The zero-order valence-electron chi connectivity index (χ0n) is 12.0. The lowest BCUT2D eigenvalue weighted by Crippen LogP contribution is -2.44. The first kappa shape index (κ1) is 15.5. The van der Waals surface area contributed by atoms with Crippen molar-refractivity contribution in [2.24, 2.45) is 5.41 Å². The van der Waals surface area contributed by atoms with E-state index in [0.29, 0.717) is 6.42 Å². The molecular formula is C15H23NO3. The van der Waals surface area contributed by atoms with E-state index in [-0.39, 0.29) is 35.3 Å². The second-order valence-corrected chi connectivity index (χ2v) is 5.92. The number of aliphatic hydroxyl groups is 1. The molecule has 4 nitrogen and oxygen atoms in total. The quantitative estimate of drug-likeness (QED) is 0.782. The number of phenolic OH excluding ortho intramolecular Hbond substituents is 1. The molecule has 3 N–H and O–H groups in total. The van der Waals surface area contributed by atoms with Crippen molar-refractivity contribution in [2.45, 2.75) is 40.2 Å². The van der Waals surface area contributed by atoms with Crippen molar-refractivity contribution >= 4 is 5.91 Å². The smallest absolute Gasteiger partial charge is 0.255 e. The van der Waals surface area contributed by atoms with E-state index in [1.54, 1.807) is 18.2 Å². The third-order valence-corrected chi connectivity index (χ3v) is 3.17. The maximum absolute atomic E-state index is 12.2. The maximum Gasteiger partial charge on any atom is 0.255 e. The van der Waals surface area contributed by atoms with Crippen LogP contribution in [0.4, 0.5) is 0 Å². The second-order valence-electron chi connectivity index (χ2n) is 5.92. The molecule has 1 unspecified atom stereocenters. The number of carbonyl (C=O) groups excluding carboxylic acids is 1. The van der Waals surface area contributed by atoms with Crippen LogP contribution >= 0.6 is 0 Å². The molecule has 1 aromatic carbocycles. The van der Waals surface area contributed by atoms with Crippen molar-refractivity contribution in [1.82, 2.24) is 5.32 Å². The summed E-state index contributed by atoms with van der Waals surface area (Å²) in [6.45, 7) is 7.88. The molecule has 1 amide bonds. The fourth-order valence-corrected chi connectivity index (χ4v) is 1.92. The van der Waals surface area contributed by atoms with Gasteiger partial charge in [0.2, 0.25) is 0 Å². The Morgan fingerprint density at radius 3 is 2.47 bits per heavy atom. The Morgan fingerprint density at radius 1 is 1.37 bits per heavy atom. The summed E-state index contributed by atoms with van der Waals surface area (Å²) in [5.41, 5.74) is 1.01. The van der Waals surface area contributed by atoms with E-state index in [1.807, 2.05) is 27.7 Å². The summed E-state index contributed by atoms with van der Waals surface area (Å²) in [6, 6.07) is 4.81. The highest BCUT2D eigenvalue weighted by Crippen LogP contribution is 2.24. The van der Waals surface area contributed by atoms with Gasteiger partial charge in [-0.1, -0.05) is 26.8 Å². The van der Waals surface area contributed by atoms with E-state index < -0.39 is 0 Å². The number of rotatable bonds is 4. The lowest BCUT2D eigenvalue weighted by Gasteiger charge is -2.31. The van der Waals surface area contributed by atoms with Gasteiger partial charge < -0.3 is 15.5 Å². The monoisotopic (exact) mass is 265 g/mol. The molecule has 19 heavy (non-hydrogen) atoms. The number of hydrogen-bond donors (Lipinski definition) is 3. The topological polar surface area (TPSA) is 69.6 Å². The van der Waals surface area contributed by atoms with E-state index in [2.05, 4.69) is 5.32 Å². The Morgan fingerprint density at radius 2 is 2.00 bits per heavy atom. The molecule has 0 aliphatic heterocycles. The van der Waals surface area contributed by atoms with Crippen LogP contribution in [0.25, 0.3) is 0 Å². The minimum absolute atomic E-state index is 0.0160. The molecule has 1 aromatic rings. The fourth-order valence-electron chi connectivity index (χ4n) is 1.92. The van der Waals surface area contributed by atoms with Crippen molar-refractivity contribution in [3.05, 3.63) is 29.3 Å². The highest BCUT2D eigenvalue weighted by molar-refractivity contribution is 5.97. The highest BCUT2D eigenvalue weighted by atomic mass is 16.3. The summed E-state index contributed by atoms with van der Waals surface area (Å²) < 4.78 is 0. The molecule has 0 heterocycles. The Balaban J connectivity index is 2.88. The van der Waals surface area contributed by atoms with Crippen molar-refractivity contribution in [1.29, 1.82) is 0 Å². The van der Waals surface area contributed by atoms with E-state index in [9.17, 15) is 9.90 Å². The molecule has 0 aromatic heterocycles. The Bertz CT molecular complexity index is 449. The Kier molecular flexibility index (Phi) is 4.95. The van der Waals surface area contributed by atoms with Gasteiger partial charge in [-0.25, -0.2) is 0 Å². The van der Waals surface area contributed by atoms with E-state index >= 15 is 0 Å². The molecule has 0 bridgehead atoms. The number of carbonyl (C=O) groups is 1. The molecule has 0 radical (unpaired) electrons. The summed E-state index contributed by atoms with van der Waals surface area (Å²) in [5.74, 6) is -0.333. The predicted molar refractivity (Wildman–Crippen MR) is 75.3 cm³/mol. The van der Waals surface area contributed by atoms with Crippen LogP contribution in [0, 0.1) is 12.3 Å². The molecular weight excluding hydrogens is 242 g/mol. The van der Waals surface area contributed by atoms with Crippen LogP contribution in [0.2, 0.25) is 0 Å². The van der Waals surface area contributed by atoms with Crippen LogP contribution < -0.4 is 5.32 Å². The molecule has 0 aliphatic carbocycles. The first-order valence-corrected chi connectivity index (χ1v) is 6.47. The number of aliphatic hydroxyl groups excluding tert-OH is 1. The fraction of sp³-hybridized carbons (Fsp3) is 0.533. The third-order valence-electron chi connectivity index (χ3n) is 3.17. The van der Waals surface area contributed by atoms with Crippen LogP contribution in [0.5, 0.6) is 5.75 Å². The normalized spacial score (nSPS) is 13.1. The number of aryl methyl sites for hydroxylation is 1. The number of hydrogen-bond acceptors (Lipinski definition) is 3. The average Bonchev–Trinajstić information content (AvgIpc) is 2.26. The molecule has 1 atom stereocenters. The minimum atomic E-state index is -0.314. The number of nitrogens with one attached hydrogen (secondary N) is 1. The minimum Gasteiger partial charge on any atom is -0.507 e. The van der Waals surface area contributed by atoms with Crippen molar-refractivity contribution in [3.63, 3.8) is 0 Å². The lowest BCUT2D eigenvalue weighted by molar-refractivity contribution is 0.0882. The largest absolute Gasteiger partial charge is 0.507 e. The van der Waals surface area contributed by atoms with Crippen LogP contribution in [0.1, 0.15) is 43.1 Å². The SMILES string of the molecule is Cc1ccc(C(=O)NC(CCO)C(C)(C)C)c(O)c1. The van der Waals surface area contributed by atoms with Gasteiger partial charge in [0.25, 0.3) is 5.91 Å². The summed E-state index contributed by atoms with van der Waals surface area (Å²) in [5, 5.41) is 21.7. The third kappa shape index (κ3) is 4.24. The number of phenols is 1. The van der Waals surface area contributed by atoms with Gasteiger partial charge >= 0.3 is 0 Å². The molecule has 0 spiro atoms. The van der Waals surface area contributed by atoms with Gasteiger partial charge in [0.05, 0.1) is 5.56 Å². The molecule has 0 aliphatic rings. The van der Waals surface area contributed by atoms with Gasteiger partial charge in [-0.05, 0) is 36.5 Å². The van der Waals surface area contributed by atoms with E-state index in [1.165, 1.54) is 0 Å². The standard InChI is InChI=1S/C15H23NO3/c1-10-5-6-11(12(18)9-10)14(19)16-13(7-8-17)15(2,3)4/h5-6,9,13,17-18H,7-8H2,1-4H3,(H,16,19). The summed E-state index contributed by atoms with van der Waals surface area (Å²) in [7, 11) is 0. The van der Waals surface area contributed by atoms with E-state index in [4.69, 9.17) is 5.11 Å². The van der Waals surface area contributed by atoms with Crippen molar-refractivity contribution < 1.29 is 15.0 Å².